The minimum absolute atomic E-state index is 0.0523. The van der Waals surface area contributed by atoms with E-state index in [9.17, 15) is 28.8 Å². The van der Waals surface area contributed by atoms with E-state index in [1.807, 2.05) is 0 Å². The topological polar surface area (TPSA) is 226 Å². The number of benzene rings is 1. The summed E-state index contributed by atoms with van der Waals surface area (Å²) in [6.45, 7) is 1.25. The van der Waals surface area contributed by atoms with Crippen LogP contribution in [0.1, 0.15) is 48.0 Å². The maximum atomic E-state index is 13.2. The van der Waals surface area contributed by atoms with E-state index >= 15 is 0 Å². The van der Waals surface area contributed by atoms with E-state index in [1.54, 1.807) is 13.0 Å². The summed E-state index contributed by atoms with van der Waals surface area (Å²) in [5.41, 5.74) is 5.90. The molecule has 0 aliphatic carbocycles. The van der Waals surface area contributed by atoms with Gasteiger partial charge in [0.1, 0.15) is 30.1 Å². The Morgan fingerprint density at radius 1 is 1.10 bits per heavy atom. The van der Waals surface area contributed by atoms with Gasteiger partial charge in [-0.05, 0) is 50.9 Å². The van der Waals surface area contributed by atoms with Crippen molar-refractivity contribution < 1.29 is 43.7 Å². The van der Waals surface area contributed by atoms with Crippen molar-refractivity contribution in [2.45, 2.75) is 51.1 Å². The molecule has 1 aromatic rings. The lowest BCUT2D eigenvalue weighted by atomic mass is 10.1. The summed E-state index contributed by atoms with van der Waals surface area (Å²) in [6, 6.07) is 2.30. The lowest BCUT2D eigenvalue weighted by Gasteiger charge is -2.24. The highest BCUT2D eigenvalue weighted by Crippen LogP contribution is 2.21. The van der Waals surface area contributed by atoms with Crippen molar-refractivity contribution >= 4 is 35.6 Å². The number of nitrogens with one attached hydrogen (secondary N) is 4. The number of amides is 4. The first-order valence-electron chi connectivity index (χ1n) is 12.3. The van der Waals surface area contributed by atoms with Crippen LogP contribution in [-0.2, 0) is 24.0 Å². The van der Waals surface area contributed by atoms with Crippen LogP contribution in [0.15, 0.2) is 30.0 Å². The average molecular weight is 548 g/mol. The molecule has 39 heavy (non-hydrogen) atoms. The zero-order valence-electron chi connectivity index (χ0n) is 21.5. The molecular weight excluding hydrogens is 514 g/mol. The van der Waals surface area contributed by atoms with Crippen molar-refractivity contribution in [1.82, 2.24) is 21.3 Å². The second kappa shape index (κ2) is 15.1. The normalized spacial score (nSPS) is 19.4. The zero-order valence-corrected chi connectivity index (χ0v) is 21.5. The molecule has 1 aliphatic heterocycles. The third-order valence-corrected chi connectivity index (χ3v) is 5.63. The highest BCUT2D eigenvalue weighted by atomic mass is 16.5. The monoisotopic (exact) mass is 547 g/mol. The summed E-state index contributed by atoms with van der Waals surface area (Å²) >= 11 is 0. The van der Waals surface area contributed by atoms with E-state index in [4.69, 9.17) is 20.7 Å². The maximum absolute atomic E-state index is 13.2. The van der Waals surface area contributed by atoms with Crippen molar-refractivity contribution in [1.29, 1.82) is 0 Å². The summed E-state index contributed by atoms with van der Waals surface area (Å²) in [5.74, 6) is -5.62. The quantitative estimate of drug-likeness (QED) is 0.150. The van der Waals surface area contributed by atoms with Gasteiger partial charge in [-0.25, -0.2) is 0 Å². The minimum atomic E-state index is -1.28. The van der Waals surface area contributed by atoms with E-state index in [-0.39, 0.29) is 36.5 Å². The lowest BCUT2D eigenvalue weighted by molar-refractivity contribution is -0.138. The van der Waals surface area contributed by atoms with Gasteiger partial charge in [-0.15, -0.1) is 0 Å². The van der Waals surface area contributed by atoms with Crippen LogP contribution in [0, 0.1) is 6.92 Å². The number of carbonyl (C=O) groups excluding carboxylic acids is 4. The number of carboxylic acid groups (broad SMARTS) is 2. The fraction of sp³-hybridized carbons (Fsp3) is 0.440. The van der Waals surface area contributed by atoms with Crippen LogP contribution in [0.2, 0.25) is 0 Å². The highest BCUT2D eigenvalue weighted by molar-refractivity contribution is 6.05. The number of hydrogen-bond acceptors (Lipinski definition) is 8. The number of aryl methyl sites for hydroxylation is 1. The summed E-state index contributed by atoms with van der Waals surface area (Å²) in [6.07, 6.45) is 1.42. The smallest absolute Gasteiger partial charge is 0.322 e. The van der Waals surface area contributed by atoms with Crippen LogP contribution in [0.4, 0.5) is 0 Å². The molecule has 1 heterocycles. The predicted molar refractivity (Wildman–Crippen MR) is 137 cm³/mol. The molecule has 4 amide bonds. The Balaban J connectivity index is 2.49. The molecule has 2 rings (SSSR count). The molecular formula is C25H33N5O9. The number of carboxylic acids is 2. The number of nitrogens with two attached hydrogens (primary N) is 1. The van der Waals surface area contributed by atoms with Gasteiger partial charge in [-0.3, -0.25) is 28.8 Å². The number of unbranched alkanes of at least 4 members (excludes halogenated alkanes) is 1. The SMILES string of the molecule is Cc1ccc2c(c1)C(=O)N/C(=C/CC(=O)O)C(=O)NC(CCCCN)C(=O)N[C@H](C(=O)NCC(=O)O)CCO2. The van der Waals surface area contributed by atoms with Crippen molar-refractivity contribution in [2.24, 2.45) is 5.73 Å². The van der Waals surface area contributed by atoms with E-state index in [1.165, 1.54) is 12.1 Å². The van der Waals surface area contributed by atoms with Gasteiger partial charge in [0.05, 0.1) is 18.6 Å². The molecule has 0 aromatic heterocycles. The molecule has 0 saturated carbocycles. The largest absolute Gasteiger partial charge is 0.493 e. The van der Waals surface area contributed by atoms with Crippen LogP contribution in [0.25, 0.3) is 0 Å². The number of carbonyl (C=O) groups is 6. The second-order valence-electron chi connectivity index (χ2n) is 8.79. The Morgan fingerprint density at radius 3 is 2.51 bits per heavy atom. The first-order valence-corrected chi connectivity index (χ1v) is 12.3. The van der Waals surface area contributed by atoms with Crippen LogP contribution in [-0.4, -0.2) is 77.6 Å². The Labute approximate surface area is 224 Å². The summed E-state index contributed by atoms with van der Waals surface area (Å²) < 4.78 is 5.73. The van der Waals surface area contributed by atoms with E-state index in [0.29, 0.717) is 24.9 Å². The average Bonchev–Trinajstić information content (AvgIpc) is 2.88. The predicted octanol–water partition coefficient (Wildman–Crippen LogP) is -0.835. The van der Waals surface area contributed by atoms with Crippen molar-refractivity contribution in [3.8, 4) is 5.75 Å². The van der Waals surface area contributed by atoms with Crippen LogP contribution < -0.4 is 31.7 Å². The fourth-order valence-corrected chi connectivity index (χ4v) is 3.64. The molecule has 212 valence electrons. The van der Waals surface area contributed by atoms with Gasteiger partial charge in [-0.1, -0.05) is 11.6 Å². The van der Waals surface area contributed by atoms with Crippen LogP contribution in [0.5, 0.6) is 5.75 Å². The van der Waals surface area contributed by atoms with Gasteiger partial charge < -0.3 is 42.0 Å². The molecule has 1 aliphatic rings. The van der Waals surface area contributed by atoms with Gasteiger partial charge >= 0.3 is 11.9 Å². The number of hydrogen-bond donors (Lipinski definition) is 7. The molecule has 14 heteroatoms. The number of rotatable bonds is 9. The third-order valence-electron chi connectivity index (χ3n) is 5.63. The first-order chi connectivity index (χ1) is 18.5. The maximum Gasteiger partial charge on any atom is 0.322 e. The van der Waals surface area contributed by atoms with Gasteiger partial charge in [0.2, 0.25) is 11.8 Å². The van der Waals surface area contributed by atoms with Crippen molar-refractivity contribution in [2.75, 3.05) is 19.7 Å². The molecule has 8 N–H and O–H groups in total. The van der Waals surface area contributed by atoms with Crippen LogP contribution in [0.3, 0.4) is 0 Å². The number of aliphatic carboxylic acids is 2. The molecule has 0 spiro atoms. The Morgan fingerprint density at radius 2 is 1.85 bits per heavy atom. The third kappa shape index (κ3) is 10.1. The van der Waals surface area contributed by atoms with Gasteiger partial charge in [0, 0.05) is 6.42 Å². The summed E-state index contributed by atoms with van der Waals surface area (Å²) in [7, 11) is 0. The Bertz CT molecular complexity index is 1130. The minimum Gasteiger partial charge on any atom is -0.493 e. The van der Waals surface area contributed by atoms with Gasteiger partial charge in [0.15, 0.2) is 0 Å². The van der Waals surface area contributed by atoms with Crippen molar-refractivity contribution in [3.05, 3.63) is 41.1 Å². The standard InChI is InChI=1S/C25H33N5O9/c1-14-5-7-19-15(12-14)22(35)28-17(6-8-20(31)32)25(38)29-16(4-2-3-10-26)24(37)30-18(9-11-39-19)23(36)27-13-21(33)34/h5-7,12,16,18H,2-4,8-11,13,26H2,1H3,(H,27,36)(H,28,35)(H,29,38)(H,30,37)(H,31,32)(H,33,34)/b17-6+/t16?,18-/m0/s1. The first kappa shape index (κ1) is 30.8. The van der Waals surface area contributed by atoms with E-state index < -0.39 is 60.6 Å². The van der Waals surface area contributed by atoms with Gasteiger partial charge in [-0.2, -0.15) is 0 Å². The molecule has 1 aromatic carbocycles. The van der Waals surface area contributed by atoms with E-state index in [2.05, 4.69) is 21.3 Å². The van der Waals surface area contributed by atoms with E-state index in [0.717, 1.165) is 6.08 Å². The zero-order chi connectivity index (χ0) is 28.9. The Hall–Kier alpha value is -4.46. The summed E-state index contributed by atoms with van der Waals surface area (Å²) in [5, 5.41) is 27.7. The molecule has 0 bridgehead atoms. The molecule has 1 unspecified atom stereocenters. The fourth-order valence-electron chi connectivity index (χ4n) is 3.64. The Kier molecular flexibility index (Phi) is 11.9. The molecule has 0 fully saturated rings. The molecule has 0 saturated heterocycles. The molecule has 2 atom stereocenters. The van der Waals surface area contributed by atoms with Gasteiger partial charge in [0.25, 0.3) is 11.8 Å². The number of ether oxygens (including phenoxy) is 1. The highest BCUT2D eigenvalue weighted by Gasteiger charge is 2.29. The van der Waals surface area contributed by atoms with Crippen molar-refractivity contribution in [3.63, 3.8) is 0 Å². The molecule has 0 radical (unpaired) electrons. The second-order valence-corrected chi connectivity index (χ2v) is 8.79. The number of fused-ring (bicyclic) bond motifs is 1. The lowest BCUT2D eigenvalue weighted by Crippen LogP contribution is -2.55. The summed E-state index contributed by atoms with van der Waals surface area (Å²) in [4.78, 5) is 74.2. The van der Waals surface area contributed by atoms with Crippen LogP contribution >= 0.6 is 0 Å². The molecule has 14 nitrogen and oxygen atoms in total.